The number of nitrogens with zero attached hydrogens (tertiary/aromatic N) is 1. The van der Waals surface area contributed by atoms with E-state index in [4.69, 9.17) is 18.9 Å². The number of hydrogen-bond donors (Lipinski definition) is 1. The van der Waals surface area contributed by atoms with Gasteiger partial charge in [-0.15, -0.1) is 0 Å². The van der Waals surface area contributed by atoms with Crippen molar-refractivity contribution >= 4 is 17.9 Å². The second-order valence-corrected chi connectivity index (χ2v) is 25.1. The third kappa shape index (κ3) is 73.7. The standard InChI is InChI=1S/C84H135NO8/c1-6-8-10-12-14-16-18-20-22-24-26-28-30-32-34-35-36-37-38-39-40-41-42-43-44-45-46-47-49-51-53-55-57-59-61-63-65-67-69-71-73-75-82(87)93-80(79-92-84(83(88)89)90-77-76-85(3,4)5)78-91-81(86)74-72-70-68-66-64-62-60-58-56-54-52-50-48-33-31-29-27-25-23-21-19-17-15-13-11-9-7-2/h8-11,14-17,20-23,26-29,32-34,36-37,39-40,42-43,45-46,48,52,54,80,84H,6-7,12-13,18-19,24-25,30-31,35,38,41,44,47,49-51,53,55-79H2,1-5H3/p+1/b10-8-,11-9-,16-14-,17-15-,22-20-,23-21-,28-26-,29-27-,34-32-,37-36-,40-39-,43-42-,46-45-,48-33-,54-52-. The molecular formula is C84H136NO8+. The second kappa shape index (κ2) is 72.2. The van der Waals surface area contributed by atoms with Gasteiger partial charge in [0.2, 0.25) is 0 Å². The fourth-order valence-electron chi connectivity index (χ4n) is 9.60. The first-order valence-electron chi connectivity index (χ1n) is 36.9. The molecule has 0 aromatic carbocycles. The van der Waals surface area contributed by atoms with Crippen LogP contribution in [0.15, 0.2) is 182 Å². The van der Waals surface area contributed by atoms with E-state index in [1.54, 1.807) is 0 Å². The number of esters is 2. The summed E-state index contributed by atoms with van der Waals surface area (Å²) in [6.07, 6.45) is 107. The Morgan fingerprint density at radius 3 is 0.860 bits per heavy atom. The van der Waals surface area contributed by atoms with Crippen molar-refractivity contribution in [1.29, 1.82) is 0 Å². The molecule has 0 rings (SSSR count). The summed E-state index contributed by atoms with van der Waals surface area (Å²) >= 11 is 0. The van der Waals surface area contributed by atoms with Crippen LogP contribution in [0.5, 0.6) is 0 Å². The number of carbonyl (C=O) groups is 3. The van der Waals surface area contributed by atoms with Crippen LogP contribution in [0.3, 0.4) is 0 Å². The molecule has 93 heavy (non-hydrogen) atoms. The summed E-state index contributed by atoms with van der Waals surface area (Å²) in [5.41, 5.74) is 0. The second-order valence-electron chi connectivity index (χ2n) is 25.1. The third-order valence-electron chi connectivity index (χ3n) is 15.2. The monoisotopic (exact) mass is 1290 g/mol. The first-order valence-corrected chi connectivity index (χ1v) is 36.9. The van der Waals surface area contributed by atoms with Gasteiger partial charge in [-0.05, 0) is 135 Å². The maximum Gasteiger partial charge on any atom is 0.361 e. The van der Waals surface area contributed by atoms with Gasteiger partial charge >= 0.3 is 17.9 Å². The number of carboxylic acid groups (broad SMARTS) is 1. The number of rotatable bonds is 66. The minimum atomic E-state index is -1.52. The molecule has 0 aromatic rings. The zero-order valence-corrected chi connectivity index (χ0v) is 59.8. The summed E-state index contributed by atoms with van der Waals surface area (Å²) in [7, 11) is 5.97. The number of hydrogen-bond acceptors (Lipinski definition) is 7. The third-order valence-corrected chi connectivity index (χ3v) is 15.2. The summed E-state index contributed by atoms with van der Waals surface area (Å²) in [4.78, 5) is 37.7. The van der Waals surface area contributed by atoms with Gasteiger partial charge in [-0.25, -0.2) is 4.79 Å². The Bertz CT molecular complexity index is 2190. The molecule has 0 aliphatic heterocycles. The predicted molar refractivity (Wildman–Crippen MR) is 400 cm³/mol. The van der Waals surface area contributed by atoms with E-state index >= 15 is 0 Å². The van der Waals surface area contributed by atoms with Crippen LogP contribution in [0.4, 0.5) is 0 Å². The van der Waals surface area contributed by atoms with E-state index in [0.29, 0.717) is 17.4 Å². The van der Waals surface area contributed by atoms with E-state index in [0.717, 1.165) is 148 Å². The van der Waals surface area contributed by atoms with Crippen LogP contribution in [-0.4, -0.2) is 87.4 Å². The Labute approximate surface area is 570 Å². The number of carboxylic acids is 1. The summed E-state index contributed by atoms with van der Waals surface area (Å²) in [6, 6.07) is 0. The maximum atomic E-state index is 13.0. The van der Waals surface area contributed by atoms with Crippen molar-refractivity contribution < 1.29 is 42.9 Å². The number of quaternary nitrogens is 1. The van der Waals surface area contributed by atoms with Crippen LogP contribution < -0.4 is 0 Å². The van der Waals surface area contributed by atoms with Crippen molar-refractivity contribution in [3.05, 3.63) is 182 Å². The summed E-state index contributed by atoms with van der Waals surface area (Å²) in [6.45, 7) is 4.63. The molecule has 0 bridgehead atoms. The van der Waals surface area contributed by atoms with E-state index < -0.39 is 24.3 Å². The largest absolute Gasteiger partial charge is 0.477 e. The summed E-state index contributed by atoms with van der Waals surface area (Å²) < 4.78 is 23.0. The van der Waals surface area contributed by atoms with Crippen molar-refractivity contribution in [2.75, 3.05) is 47.5 Å². The SMILES string of the molecule is CC/C=C\C/C=C\C/C=C\C/C=C\C/C=C\C/C=C\C/C=C\C/C=C\C/C=C\CCCCCCCCCCCCCCCC(=O)OC(COC(=O)CCCCCCCCCC/C=C\C/C=C\C/C=C\C/C=C\C/C=C\C/C=C\CC)COC(OCC[N+](C)(C)C)C(=O)O. The molecule has 9 nitrogen and oxygen atoms in total. The molecular weight excluding hydrogens is 1150 g/mol. The molecule has 0 spiro atoms. The molecule has 0 fully saturated rings. The number of aliphatic carboxylic acids is 1. The fraction of sp³-hybridized carbons (Fsp3) is 0.607. The predicted octanol–water partition coefficient (Wildman–Crippen LogP) is 23.6. The number of ether oxygens (including phenoxy) is 4. The molecule has 0 aliphatic rings. The van der Waals surface area contributed by atoms with Gasteiger partial charge in [-0.3, -0.25) is 9.59 Å². The molecule has 0 radical (unpaired) electrons. The number of carbonyl (C=O) groups excluding carboxylic acids is 2. The highest BCUT2D eigenvalue weighted by molar-refractivity contribution is 5.71. The quantitative estimate of drug-likeness (QED) is 0.0211. The molecule has 2 atom stereocenters. The first kappa shape index (κ1) is 87.4. The molecule has 0 saturated carbocycles. The van der Waals surface area contributed by atoms with Gasteiger partial charge in [0.1, 0.15) is 13.2 Å². The molecule has 2 unspecified atom stereocenters. The van der Waals surface area contributed by atoms with Gasteiger partial charge in [0.05, 0.1) is 34.4 Å². The van der Waals surface area contributed by atoms with Crippen LogP contribution in [0.1, 0.15) is 271 Å². The molecule has 1 N–H and O–H groups in total. The van der Waals surface area contributed by atoms with Crippen molar-refractivity contribution in [3.63, 3.8) is 0 Å². The number of likely N-dealkylation sites (N-methyl/N-ethyl adjacent to an activating group) is 1. The van der Waals surface area contributed by atoms with Crippen molar-refractivity contribution in [2.24, 2.45) is 0 Å². The van der Waals surface area contributed by atoms with Gasteiger partial charge in [-0.1, -0.05) is 305 Å². The Morgan fingerprint density at radius 1 is 0.323 bits per heavy atom. The molecule has 0 saturated heterocycles. The normalized spacial score (nSPS) is 13.8. The van der Waals surface area contributed by atoms with E-state index in [-0.39, 0.29) is 38.6 Å². The van der Waals surface area contributed by atoms with Gasteiger partial charge < -0.3 is 28.5 Å². The molecule has 0 aromatic heterocycles. The average molecular weight is 1290 g/mol. The Balaban J connectivity index is 4.14. The van der Waals surface area contributed by atoms with Crippen molar-refractivity contribution in [2.45, 2.75) is 283 Å². The van der Waals surface area contributed by atoms with Crippen LogP contribution in [0.25, 0.3) is 0 Å². The maximum absolute atomic E-state index is 13.0. The summed E-state index contributed by atoms with van der Waals surface area (Å²) in [5.74, 6) is -2.03. The fourth-order valence-corrected chi connectivity index (χ4v) is 9.60. The first-order chi connectivity index (χ1) is 45.6. The minimum Gasteiger partial charge on any atom is -0.477 e. The van der Waals surface area contributed by atoms with Crippen LogP contribution in [-0.2, 0) is 33.3 Å². The lowest BCUT2D eigenvalue weighted by Crippen LogP contribution is -2.40. The lowest BCUT2D eigenvalue weighted by molar-refractivity contribution is -0.870. The van der Waals surface area contributed by atoms with Gasteiger partial charge in [-0.2, -0.15) is 0 Å². The van der Waals surface area contributed by atoms with Gasteiger partial charge in [0.25, 0.3) is 6.29 Å². The lowest BCUT2D eigenvalue weighted by Gasteiger charge is -2.25. The molecule has 0 aliphatic carbocycles. The smallest absolute Gasteiger partial charge is 0.361 e. The summed E-state index contributed by atoms with van der Waals surface area (Å²) in [5, 5.41) is 9.76. The Morgan fingerprint density at radius 2 is 0.581 bits per heavy atom. The van der Waals surface area contributed by atoms with Crippen molar-refractivity contribution in [3.8, 4) is 0 Å². The molecule has 524 valence electrons. The highest BCUT2D eigenvalue weighted by Crippen LogP contribution is 2.16. The molecule has 0 amide bonds. The van der Waals surface area contributed by atoms with Gasteiger partial charge in [0, 0.05) is 12.8 Å². The molecule has 0 heterocycles. The number of unbranched alkanes of at least 4 members (excludes halogenated alkanes) is 21. The zero-order valence-electron chi connectivity index (χ0n) is 59.8. The average Bonchev–Trinajstić information content (AvgIpc) is 3.38. The van der Waals surface area contributed by atoms with E-state index in [2.05, 4.69) is 196 Å². The molecule has 9 heteroatoms. The van der Waals surface area contributed by atoms with Crippen LogP contribution in [0.2, 0.25) is 0 Å². The topological polar surface area (TPSA) is 108 Å². The Hall–Kier alpha value is -5.61. The van der Waals surface area contributed by atoms with Crippen LogP contribution in [0, 0.1) is 0 Å². The highest BCUT2D eigenvalue weighted by atomic mass is 16.7. The van der Waals surface area contributed by atoms with E-state index in [9.17, 15) is 19.5 Å². The number of allylic oxidation sites excluding steroid dienone is 30. The van der Waals surface area contributed by atoms with Gasteiger partial charge in [0.15, 0.2) is 6.10 Å². The van der Waals surface area contributed by atoms with E-state index in [1.165, 1.54) is 89.9 Å². The highest BCUT2D eigenvalue weighted by Gasteiger charge is 2.25. The zero-order chi connectivity index (χ0) is 67.5. The minimum absolute atomic E-state index is 0.177. The van der Waals surface area contributed by atoms with Crippen molar-refractivity contribution in [1.82, 2.24) is 0 Å². The van der Waals surface area contributed by atoms with E-state index in [1.807, 2.05) is 21.1 Å². The lowest BCUT2D eigenvalue weighted by atomic mass is 10.0. The Kier molecular flexibility index (Phi) is 67.9. The van der Waals surface area contributed by atoms with Crippen LogP contribution >= 0.6 is 0 Å².